The average Bonchev–Trinajstić information content (AvgIpc) is 3.04. The third kappa shape index (κ3) is 4.42. The number of nitrogens with one attached hydrogen (secondary N) is 1. The van der Waals surface area contributed by atoms with E-state index in [4.69, 9.17) is 28.6 Å². The highest BCUT2D eigenvalue weighted by atomic mass is 35.5. The van der Waals surface area contributed by atoms with E-state index >= 15 is 0 Å². The van der Waals surface area contributed by atoms with Crippen molar-refractivity contribution in [3.05, 3.63) is 82.1 Å². The Morgan fingerprint density at radius 1 is 1.06 bits per heavy atom. The summed E-state index contributed by atoms with van der Waals surface area (Å²) in [5, 5.41) is 3.28. The predicted octanol–water partition coefficient (Wildman–Crippen LogP) is 4.98. The van der Waals surface area contributed by atoms with Crippen LogP contribution in [0.1, 0.15) is 23.9 Å². The zero-order valence-corrected chi connectivity index (χ0v) is 20.0. The van der Waals surface area contributed by atoms with Crippen LogP contribution in [0.4, 0.5) is 5.69 Å². The van der Waals surface area contributed by atoms with Gasteiger partial charge in [0.15, 0.2) is 5.11 Å². The molecule has 168 valence electrons. The van der Waals surface area contributed by atoms with Gasteiger partial charge in [-0.2, -0.15) is 0 Å². The van der Waals surface area contributed by atoms with Gasteiger partial charge in [0, 0.05) is 28.2 Å². The van der Waals surface area contributed by atoms with E-state index in [9.17, 15) is 9.59 Å². The van der Waals surface area contributed by atoms with Crippen molar-refractivity contribution >= 4 is 52.5 Å². The Balaban J connectivity index is 1.74. The molecule has 33 heavy (non-hydrogen) atoms. The van der Waals surface area contributed by atoms with Crippen LogP contribution in [0.2, 0.25) is 5.02 Å². The van der Waals surface area contributed by atoms with Crippen LogP contribution in [0.15, 0.2) is 60.2 Å². The fraction of sp³-hybridized carbons (Fsp3) is 0.160. The summed E-state index contributed by atoms with van der Waals surface area (Å²) in [7, 11) is 0. The van der Waals surface area contributed by atoms with E-state index in [0.717, 1.165) is 22.6 Å². The molecule has 0 atom stereocenters. The highest BCUT2D eigenvalue weighted by Gasteiger charge is 2.35. The Hall–Kier alpha value is -3.42. The molecule has 1 aliphatic heterocycles. The lowest BCUT2D eigenvalue weighted by Gasteiger charge is -2.29. The smallest absolute Gasteiger partial charge is 0.270 e. The number of amides is 2. The SMILES string of the molecule is CCOc1cccc(N2C(=O)/C(=C/c3cc(C)n(-c4cccc(Cl)c4)c3C)C(=O)NC2=S)c1. The fourth-order valence-electron chi connectivity index (χ4n) is 3.87. The summed E-state index contributed by atoms with van der Waals surface area (Å²) in [5.74, 6) is -0.419. The number of thiocarbonyl (C=S) groups is 1. The van der Waals surface area contributed by atoms with Crippen LogP contribution in [0.3, 0.4) is 0 Å². The average molecular weight is 480 g/mol. The first kappa shape index (κ1) is 22.8. The van der Waals surface area contributed by atoms with E-state index < -0.39 is 11.8 Å². The number of ether oxygens (including phenoxy) is 1. The Bertz CT molecular complexity index is 1310. The summed E-state index contributed by atoms with van der Waals surface area (Å²) in [6.45, 7) is 6.26. The quantitative estimate of drug-likeness (QED) is 0.318. The van der Waals surface area contributed by atoms with E-state index in [2.05, 4.69) is 5.32 Å². The van der Waals surface area contributed by atoms with Gasteiger partial charge in [-0.1, -0.05) is 23.7 Å². The van der Waals surface area contributed by atoms with Gasteiger partial charge in [0.05, 0.1) is 12.3 Å². The van der Waals surface area contributed by atoms with Crippen LogP contribution < -0.4 is 15.0 Å². The number of nitrogens with zero attached hydrogens (tertiary/aromatic N) is 2. The number of halogens is 1. The molecule has 0 aliphatic carbocycles. The lowest BCUT2D eigenvalue weighted by Crippen LogP contribution is -2.54. The molecule has 0 unspecified atom stereocenters. The molecule has 0 bridgehead atoms. The minimum atomic E-state index is -0.533. The number of aryl methyl sites for hydroxylation is 1. The van der Waals surface area contributed by atoms with E-state index in [0.29, 0.717) is 23.1 Å². The normalized spacial score (nSPS) is 15.2. The van der Waals surface area contributed by atoms with Gasteiger partial charge in [-0.25, -0.2) is 0 Å². The van der Waals surface area contributed by atoms with Gasteiger partial charge in [0.2, 0.25) is 0 Å². The summed E-state index contributed by atoms with van der Waals surface area (Å²) in [5.41, 5.74) is 3.99. The third-order valence-electron chi connectivity index (χ3n) is 5.33. The summed E-state index contributed by atoms with van der Waals surface area (Å²) < 4.78 is 7.56. The second-order valence-electron chi connectivity index (χ2n) is 7.53. The third-order valence-corrected chi connectivity index (χ3v) is 5.84. The van der Waals surface area contributed by atoms with Crippen LogP contribution in [-0.2, 0) is 9.59 Å². The van der Waals surface area contributed by atoms with Crippen molar-refractivity contribution in [2.24, 2.45) is 0 Å². The maximum Gasteiger partial charge on any atom is 0.270 e. The molecule has 0 radical (unpaired) electrons. The van der Waals surface area contributed by atoms with E-state index in [-0.39, 0.29) is 10.7 Å². The van der Waals surface area contributed by atoms with Crippen LogP contribution in [0, 0.1) is 13.8 Å². The van der Waals surface area contributed by atoms with E-state index in [1.165, 1.54) is 4.90 Å². The maximum atomic E-state index is 13.4. The molecular weight excluding hydrogens is 458 g/mol. The van der Waals surface area contributed by atoms with Gasteiger partial charge in [-0.3, -0.25) is 19.8 Å². The molecule has 3 aromatic rings. The number of rotatable bonds is 5. The van der Waals surface area contributed by atoms with Gasteiger partial charge in [-0.05, 0) is 81.0 Å². The van der Waals surface area contributed by atoms with Crippen molar-refractivity contribution in [2.75, 3.05) is 11.5 Å². The second-order valence-corrected chi connectivity index (χ2v) is 8.35. The monoisotopic (exact) mass is 479 g/mol. The van der Waals surface area contributed by atoms with Gasteiger partial charge in [0.1, 0.15) is 11.3 Å². The summed E-state index contributed by atoms with van der Waals surface area (Å²) >= 11 is 11.5. The first-order valence-corrected chi connectivity index (χ1v) is 11.2. The van der Waals surface area contributed by atoms with Crippen LogP contribution in [0.25, 0.3) is 11.8 Å². The topological polar surface area (TPSA) is 63.6 Å². The number of anilines is 1. The molecule has 1 N–H and O–H groups in total. The molecule has 1 saturated heterocycles. The highest BCUT2D eigenvalue weighted by Crippen LogP contribution is 2.28. The van der Waals surface area contributed by atoms with Crippen molar-refractivity contribution < 1.29 is 14.3 Å². The van der Waals surface area contributed by atoms with E-state index in [1.807, 2.05) is 55.7 Å². The summed E-state index contributed by atoms with van der Waals surface area (Å²) in [6.07, 6.45) is 1.60. The lowest BCUT2D eigenvalue weighted by molar-refractivity contribution is -0.122. The van der Waals surface area contributed by atoms with Crippen LogP contribution in [-0.4, -0.2) is 28.1 Å². The molecule has 1 aliphatic rings. The maximum absolute atomic E-state index is 13.4. The zero-order valence-electron chi connectivity index (χ0n) is 18.4. The molecular formula is C25H22ClN3O3S. The standard InChI is InChI=1S/C25H22ClN3O3S/c1-4-32-21-10-6-9-20(14-21)29-24(31)22(23(30)27-25(29)33)12-17-11-15(2)28(16(17)3)19-8-5-7-18(26)13-19/h5-14H,4H2,1-3H3,(H,27,30,33)/b22-12+. The van der Waals surface area contributed by atoms with Crippen molar-refractivity contribution in [3.63, 3.8) is 0 Å². The minimum absolute atomic E-state index is 0.00300. The highest BCUT2D eigenvalue weighted by molar-refractivity contribution is 7.80. The Kier molecular flexibility index (Phi) is 6.35. The molecule has 2 heterocycles. The van der Waals surface area contributed by atoms with Gasteiger partial charge in [0.25, 0.3) is 11.8 Å². The Labute approximate surface area is 202 Å². The van der Waals surface area contributed by atoms with Crippen molar-refractivity contribution in [3.8, 4) is 11.4 Å². The van der Waals surface area contributed by atoms with Crippen molar-refractivity contribution in [1.82, 2.24) is 9.88 Å². The first-order chi connectivity index (χ1) is 15.8. The Morgan fingerprint density at radius 2 is 1.79 bits per heavy atom. The van der Waals surface area contributed by atoms with Gasteiger partial charge in [-0.15, -0.1) is 0 Å². The number of aromatic nitrogens is 1. The largest absolute Gasteiger partial charge is 0.494 e. The molecule has 1 fully saturated rings. The predicted molar refractivity (Wildman–Crippen MR) is 134 cm³/mol. The fourth-order valence-corrected chi connectivity index (χ4v) is 4.34. The number of hydrogen-bond acceptors (Lipinski definition) is 4. The molecule has 2 aromatic carbocycles. The first-order valence-electron chi connectivity index (χ1n) is 10.4. The summed E-state index contributed by atoms with van der Waals surface area (Å²) in [4.78, 5) is 27.4. The minimum Gasteiger partial charge on any atom is -0.494 e. The number of carbonyl (C=O) groups is 2. The van der Waals surface area contributed by atoms with Crippen molar-refractivity contribution in [2.45, 2.75) is 20.8 Å². The second kappa shape index (κ2) is 9.21. The van der Waals surface area contributed by atoms with Crippen LogP contribution in [0.5, 0.6) is 5.75 Å². The molecule has 0 saturated carbocycles. The van der Waals surface area contributed by atoms with Crippen LogP contribution >= 0.6 is 23.8 Å². The van der Waals surface area contributed by atoms with Gasteiger partial charge < -0.3 is 9.30 Å². The molecule has 0 spiro atoms. The van der Waals surface area contributed by atoms with Gasteiger partial charge >= 0.3 is 0 Å². The van der Waals surface area contributed by atoms with Crippen molar-refractivity contribution in [1.29, 1.82) is 0 Å². The molecule has 2 amide bonds. The molecule has 6 nitrogen and oxygen atoms in total. The molecule has 8 heteroatoms. The molecule has 1 aromatic heterocycles. The molecule has 4 rings (SSSR count). The lowest BCUT2D eigenvalue weighted by atomic mass is 10.1. The summed E-state index contributed by atoms with van der Waals surface area (Å²) in [6, 6.07) is 16.5. The number of hydrogen-bond donors (Lipinski definition) is 1. The Morgan fingerprint density at radius 3 is 2.52 bits per heavy atom. The van der Waals surface area contributed by atoms with E-state index in [1.54, 1.807) is 30.3 Å². The number of benzene rings is 2. The number of carbonyl (C=O) groups excluding carboxylic acids is 2. The zero-order chi connectivity index (χ0) is 23.7.